The highest BCUT2D eigenvalue weighted by Gasteiger charge is 2.13. The van der Waals surface area contributed by atoms with Crippen molar-refractivity contribution < 1.29 is 17.6 Å². The van der Waals surface area contributed by atoms with Crippen LogP contribution in [0.3, 0.4) is 0 Å². The molecule has 0 aliphatic heterocycles. The molecular formula is C24H18N10+4. The third kappa shape index (κ3) is 3.05. The van der Waals surface area contributed by atoms with Gasteiger partial charge >= 0.3 is 23.1 Å². The predicted molar refractivity (Wildman–Crippen MR) is 120 cm³/mol. The van der Waals surface area contributed by atoms with E-state index in [0.717, 1.165) is 21.5 Å². The Morgan fingerprint density at radius 3 is 1.03 bits per heavy atom. The third-order valence-corrected chi connectivity index (χ3v) is 5.86. The highest BCUT2D eigenvalue weighted by molar-refractivity contribution is 5.80. The van der Waals surface area contributed by atoms with E-state index < -0.39 is 0 Å². The van der Waals surface area contributed by atoms with Crippen LogP contribution in [0, 0.1) is 0 Å². The second kappa shape index (κ2) is 7.20. The van der Waals surface area contributed by atoms with Crippen LogP contribution in [0.15, 0.2) is 98.1 Å². The first kappa shape index (κ1) is 18.5. The number of hydrogen-bond donors (Lipinski definition) is 2. The van der Waals surface area contributed by atoms with Crippen molar-refractivity contribution >= 4 is 44.7 Å². The van der Waals surface area contributed by atoms with Gasteiger partial charge in [0.05, 0.1) is 59.8 Å². The monoisotopic (exact) mass is 446 g/mol. The zero-order chi connectivity index (χ0) is 22.5. The van der Waals surface area contributed by atoms with Crippen molar-refractivity contribution in [2.45, 2.75) is 0 Å². The minimum Gasteiger partial charge on any atom is -0.206 e. The molecule has 16 heterocycles. The summed E-state index contributed by atoms with van der Waals surface area (Å²) in [5.41, 5.74) is 0. The summed E-state index contributed by atoms with van der Waals surface area (Å²) < 4.78 is 7.56. The molecule has 0 saturated carbocycles. The van der Waals surface area contributed by atoms with Crippen LogP contribution in [-0.2, 0) is 0 Å². The first-order chi connectivity index (χ1) is 16.8. The summed E-state index contributed by atoms with van der Waals surface area (Å²) in [6.45, 7) is 0. The molecule has 0 radical (unpaired) electrons. The van der Waals surface area contributed by atoms with Gasteiger partial charge in [-0.25, -0.2) is 17.6 Å². The summed E-state index contributed by atoms with van der Waals surface area (Å²) in [6.07, 6.45) is 15.6. The fourth-order valence-electron chi connectivity index (χ4n) is 3.98. The van der Waals surface area contributed by atoms with E-state index in [4.69, 9.17) is 0 Å². The van der Waals surface area contributed by atoms with Crippen molar-refractivity contribution in [1.82, 2.24) is 30.4 Å². The van der Waals surface area contributed by atoms with E-state index in [2.05, 4.69) is 30.4 Å². The minimum atomic E-state index is 0.569. The Hall–Kier alpha value is -5.12. The van der Waals surface area contributed by atoms with E-state index in [1.54, 1.807) is 0 Å². The van der Waals surface area contributed by atoms with E-state index in [1.165, 1.54) is 0 Å². The van der Waals surface area contributed by atoms with Crippen molar-refractivity contribution in [3.63, 3.8) is 0 Å². The Bertz CT molecular complexity index is 1620. The molecule has 2 N–H and O–H groups in total. The van der Waals surface area contributed by atoms with Gasteiger partial charge in [-0.1, -0.05) is 10.2 Å². The molecule has 16 aromatic heterocycles. The number of rotatable bonds is 0. The van der Waals surface area contributed by atoms with Gasteiger partial charge in [-0.05, 0) is 70.1 Å². The Kier molecular flexibility index (Phi) is 3.91. The molecule has 0 unspecified atom stereocenters. The largest absolute Gasteiger partial charge is 0.477 e. The second-order valence-corrected chi connectivity index (χ2v) is 7.89. The molecule has 0 aromatic carbocycles. The number of aromatic amines is 2. The van der Waals surface area contributed by atoms with Gasteiger partial charge in [-0.15, -0.1) is 0 Å². The van der Waals surface area contributed by atoms with Crippen LogP contribution in [-0.4, -0.2) is 30.4 Å². The zero-order valence-corrected chi connectivity index (χ0v) is 17.8. The lowest BCUT2D eigenvalue weighted by molar-refractivity contribution is -0.521. The van der Waals surface area contributed by atoms with Crippen LogP contribution < -0.4 is 17.6 Å². The Morgan fingerprint density at radius 2 is 0.706 bits per heavy atom. The van der Waals surface area contributed by atoms with Crippen LogP contribution in [0.2, 0.25) is 0 Å². The van der Waals surface area contributed by atoms with Crippen LogP contribution in [0.4, 0.5) is 0 Å². The average Bonchev–Trinajstić information content (AvgIpc) is 3.60. The lowest BCUT2D eigenvalue weighted by Crippen LogP contribution is -2.22. The highest BCUT2D eigenvalue weighted by atomic mass is 15.3. The molecule has 160 valence electrons. The average molecular weight is 446 g/mol. The topological polar surface area (TPSA) is 99.5 Å². The number of pyridine rings is 4. The van der Waals surface area contributed by atoms with Crippen molar-refractivity contribution in [3.05, 3.63) is 98.1 Å². The first-order valence-electron chi connectivity index (χ1n) is 10.7. The zero-order valence-electron chi connectivity index (χ0n) is 17.8. The van der Waals surface area contributed by atoms with Crippen molar-refractivity contribution in [2.75, 3.05) is 0 Å². The van der Waals surface area contributed by atoms with Gasteiger partial charge < -0.3 is 0 Å². The minimum absolute atomic E-state index is 0.569. The van der Waals surface area contributed by atoms with Gasteiger partial charge in [0.25, 0.3) is 0 Å². The molecule has 0 aliphatic carbocycles. The van der Waals surface area contributed by atoms with E-state index in [1.807, 2.05) is 116 Å². The quantitative estimate of drug-likeness (QED) is 0.338. The van der Waals surface area contributed by atoms with Crippen molar-refractivity contribution in [1.29, 1.82) is 0 Å². The first-order valence-corrected chi connectivity index (χ1v) is 10.7. The van der Waals surface area contributed by atoms with Crippen LogP contribution in [0.1, 0.15) is 0 Å². The van der Waals surface area contributed by atoms with Crippen LogP contribution in [0.25, 0.3) is 44.7 Å². The summed E-state index contributed by atoms with van der Waals surface area (Å²) in [7, 11) is 0. The predicted octanol–water partition coefficient (Wildman–Crippen LogP) is 0.871. The Labute approximate surface area is 191 Å². The number of nitrogens with one attached hydrogen (secondary N) is 2. The molecule has 10 heteroatoms. The molecule has 0 spiro atoms. The van der Waals surface area contributed by atoms with E-state index in [9.17, 15) is 0 Å². The molecule has 16 rings (SSSR count). The summed E-state index contributed by atoms with van der Waals surface area (Å²) in [5.74, 6) is 2.42. The van der Waals surface area contributed by atoms with E-state index in [0.29, 0.717) is 23.1 Å². The SMILES string of the molecule is c1c[n+]2ccc1c1cc[n+](cc1)c1nc(n[nH]1)[n+]1ccc(cc1)c1cc[n+](cc1)c1nc2n[nH]1. The number of nitrogens with zero attached hydrogens (tertiary/aromatic N) is 8. The maximum atomic E-state index is 4.64. The Morgan fingerprint density at radius 1 is 0.412 bits per heavy atom. The standard InChI is InChI=1S/C24H16N10/c1-9-31-10-2-17(1)18-3-11-32(12-4-18)23-26-24(30-29-23)34-15-7-20(8-16-34)19-5-13-33(14-6-19)22-25-21(31)27-28-22/h1-16H/q+2/p+2. The molecule has 16 aromatic rings. The molecule has 0 amide bonds. The molecule has 0 atom stereocenters. The smallest absolute Gasteiger partial charge is 0.206 e. The molecule has 0 saturated heterocycles. The molecule has 12 bridgehead atoms. The van der Waals surface area contributed by atoms with Crippen molar-refractivity contribution in [2.24, 2.45) is 0 Å². The van der Waals surface area contributed by atoms with E-state index >= 15 is 0 Å². The van der Waals surface area contributed by atoms with E-state index in [-0.39, 0.29) is 0 Å². The van der Waals surface area contributed by atoms with Gasteiger partial charge in [-0.2, -0.15) is 0 Å². The summed E-state index contributed by atoms with van der Waals surface area (Å²) in [4.78, 5) is 9.28. The highest BCUT2D eigenvalue weighted by Crippen LogP contribution is 2.08. The summed E-state index contributed by atoms with van der Waals surface area (Å²) >= 11 is 0. The molecule has 10 nitrogen and oxygen atoms in total. The third-order valence-electron chi connectivity index (χ3n) is 5.86. The summed E-state index contributed by atoms with van der Waals surface area (Å²) in [5, 5.41) is 19.1. The fraction of sp³-hybridized carbons (Fsp3) is 0. The van der Waals surface area contributed by atoms with Crippen LogP contribution in [0.5, 0.6) is 0 Å². The van der Waals surface area contributed by atoms with Gasteiger partial charge in [-0.3, -0.25) is 0 Å². The molecule has 0 fully saturated rings. The molecule has 0 aliphatic rings. The van der Waals surface area contributed by atoms with Gasteiger partial charge in [0, 0.05) is 9.97 Å². The lowest BCUT2D eigenvalue weighted by Gasteiger charge is -1.93. The van der Waals surface area contributed by atoms with Crippen molar-refractivity contribution in [3.8, 4) is 0 Å². The lowest BCUT2D eigenvalue weighted by atomic mass is 10.2. The van der Waals surface area contributed by atoms with Crippen LogP contribution >= 0.6 is 0 Å². The van der Waals surface area contributed by atoms with Gasteiger partial charge in [0.15, 0.2) is 0 Å². The second-order valence-electron chi connectivity index (χ2n) is 7.89. The van der Waals surface area contributed by atoms with Gasteiger partial charge in [0.1, 0.15) is 0 Å². The normalized spacial score (nSPS) is 11.5. The van der Waals surface area contributed by atoms with Gasteiger partial charge in [0.2, 0.25) is 0 Å². The fourth-order valence-corrected chi connectivity index (χ4v) is 3.98. The summed E-state index contributed by atoms with van der Waals surface area (Å²) in [6, 6.07) is 16.3. The number of hydrogen-bond acceptors (Lipinski definition) is 4. The molecular weight excluding hydrogens is 428 g/mol. The molecule has 34 heavy (non-hydrogen) atoms. The maximum absolute atomic E-state index is 4.64. The number of aromatic nitrogens is 10. The maximum Gasteiger partial charge on any atom is 0.477 e. The Balaban J connectivity index is 1.56. The number of H-pyrrole nitrogens is 2.